The molecule has 13 heteroatoms. The van der Waals surface area contributed by atoms with Crippen LogP contribution in [0.15, 0.2) is 4.99 Å². The summed E-state index contributed by atoms with van der Waals surface area (Å²) in [5.41, 5.74) is -0.937. The topological polar surface area (TPSA) is 147 Å². The molecule has 0 radical (unpaired) electrons. The lowest BCUT2D eigenvalue weighted by Gasteiger charge is -2.32. The molecular weight excluding hydrogens is 314 g/mol. The van der Waals surface area contributed by atoms with E-state index in [9.17, 15) is 14.4 Å². The highest BCUT2D eigenvalue weighted by atomic mass is 16.7. The monoisotopic (exact) mass is 319 g/mol. The third-order valence-electron chi connectivity index (χ3n) is 2.91. The van der Waals surface area contributed by atoms with E-state index in [0.717, 1.165) is 0 Å². The second-order valence-electron chi connectivity index (χ2n) is 4.26. The van der Waals surface area contributed by atoms with E-state index in [2.05, 4.69) is 19.7 Å². The van der Waals surface area contributed by atoms with Gasteiger partial charge in [0.25, 0.3) is 11.7 Å². The minimum absolute atomic E-state index is 0.00505. The number of nitrogens with zero attached hydrogens (tertiary/aromatic N) is 7. The summed E-state index contributed by atoms with van der Waals surface area (Å²) in [6, 6.07) is -2.90. The molecule has 1 unspecified atom stereocenters. The van der Waals surface area contributed by atoms with E-state index in [1.807, 2.05) is 0 Å². The summed E-state index contributed by atoms with van der Waals surface area (Å²) in [6.07, 6.45) is 0. The molecule has 2 aliphatic rings. The SMILES string of the molecule is [C-]#[N+]N1C(=O)C2=NC(=O)N(CC(O)(O)O)C2([N+]#[C-])N([N+]#[C-])C1=O. The second kappa shape index (κ2) is 4.72. The molecule has 1 atom stereocenters. The molecular formula is C10H5N7O6. The Labute approximate surface area is 127 Å². The van der Waals surface area contributed by atoms with Gasteiger partial charge in [-0.15, -0.1) is 9.91 Å². The van der Waals surface area contributed by atoms with Crippen molar-refractivity contribution in [3.05, 3.63) is 34.5 Å². The Morgan fingerprint density at radius 1 is 1.13 bits per heavy atom. The predicted octanol–water partition coefficient (Wildman–Crippen LogP) is -2.00. The summed E-state index contributed by atoms with van der Waals surface area (Å²) < 4.78 is 0. The zero-order valence-electron chi connectivity index (χ0n) is 10.9. The Hall–Kier alpha value is -3.57. The number of aliphatic imine (C=N–C) groups is 1. The molecule has 0 aromatic carbocycles. The molecule has 3 N–H and O–H groups in total. The first-order valence-corrected chi connectivity index (χ1v) is 5.54. The van der Waals surface area contributed by atoms with E-state index >= 15 is 0 Å². The van der Waals surface area contributed by atoms with Crippen molar-refractivity contribution in [2.75, 3.05) is 6.54 Å². The number of urea groups is 2. The maximum atomic E-state index is 12.1. The van der Waals surface area contributed by atoms with Gasteiger partial charge in [0.2, 0.25) is 0 Å². The van der Waals surface area contributed by atoms with Crippen LogP contribution >= 0.6 is 0 Å². The molecule has 1 saturated heterocycles. The molecule has 2 rings (SSSR count). The lowest BCUT2D eigenvalue weighted by atomic mass is 10.1. The van der Waals surface area contributed by atoms with Crippen molar-refractivity contribution >= 4 is 23.7 Å². The van der Waals surface area contributed by atoms with Gasteiger partial charge in [-0.1, -0.05) is 0 Å². The number of carbonyl (C=O) groups excluding carboxylic acids is 3. The Kier molecular flexibility index (Phi) is 3.25. The maximum Gasteiger partial charge on any atom is 0.510 e. The van der Waals surface area contributed by atoms with Gasteiger partial charge in [0.1, 0.15) is 6.54 Å². The van der Waals surface area contributed by atoms with E-state index < -0.39 is 42.0 Å². The van der Waals surface area contributed by atoms with Crippen LogP contribution in [-0.4, -0.2) is 72.2 Å². The Balaban J connectivity index is 2.70. The first kappa shape index (κ1) is 15.8. The Bertz CT molecular complexity index is 777. The van der Waals surface area contributed by atoms with Gasteiger partial charge < -0.3 is 15.3 Å². The minimum atomic E-state index is -3.48. The van der Waals surface area contributed by atoms with Gasteiger partial charge in [-0.2, -0.15) is 18.1 Å². The molecule has 0 saturated carbocycles. The number of carbonyl (C=O) groups is 3. The van der Waals surface area contributed by atoms with E-state index in [1.165, 1.54) is 0 Å². The summed E-state index contributed by atoms with van der Waals surface area (Å²) in [4.78, 5) is 47.5. The number of hydrogen-bond acceptors (Lipinski definition) is 6. The van der Waals surface area contributed by atoms with Crippen molar-refractivity contribution in [1.82, 2.24) is 14.9 Å². The molecule has 0 bridgehead atoms. The molecule has 0 aliphatic carbocycles. The number of imide groups is 1. The average molecular weight is 319 g/mol. The third-order valence-corrected chi connectivity index (χ3v) is 2.91. The van der Waals surface area contributed by atoms with Crippen LogP contribution in [0.3, 0.4) is 0 Å². The van der Waals surface area contributed by atoms with Crippen LogP contribution < -0.4 is 0 Å². The summed E-state index contributed by atoms with van der Waals surface area (Å²) in [5, 5.41) is 27.0. The van der Waals surface area contributed by atoms with Gasteiger partial charge >= 0.3 is 23.8 Å². The number of rotatable bonds is 2. The molecule has 5 amide bonds. The lowest BCUT2D eigenvalue weighted by Crippen LogP contribution is -2.70. The van der Waals surface area contributed by atoms with Crippen LogP contribution in [0, 0.1) is 19.7 Å². The van der Waals surface area contributed by atoms with Crippen LogP contribution in [-0.2, 0) is 4.79 Å². The number of fused-ring (bicyclic) bond motifs is 1. The second-order valence-corrected chi connectivity index (χ2v) is 4.26. The Morgan fingerprint density at radius 2 is 1.74 bits per heavy atom. The van der Waals surface area contributed by atoms with E-state index in [-0.39, 0.29) is 14.9 Å². The van der Waals surface area contributed by atoms with Crippen LogP contribution in [0.5, 0.6) is 0 Å². The van der Waals surface area contributed by atoms with E-state index in [1.54, 1.807) is 0 Å². The molecule has 2 aliphatic heterocycles. The number of hydrogen-bond donors (Lipinski definition) is 3. The van der Waals surface area contributed by atoms with Crippen molar-refractivity contribution in [1.29, 1.82) is 0 Å². The van der Waals surface area contributed by atoms with Gasteiger partial charge in [0.05, 0.1) is 10.0 Å². The van der Waals surface area contributed by atoms with Crippen molar-refractivity contribution in [3.8, 4) is 0 Å². The fourth-order valence-corrected chi connectivity index (χ4v) is 2.06. The fourth-order valence-electron chi connectivity index (χ4n) is 2.06. The average Bonchev–Trinajstić information content (AvgIpc) is 2.73. The van der Waals surface area contributed by atoms with Crippen LogP contribution in [0.25, 0.3) is 14.8 Å². The highest BCUT2D eigenvalue weighted by molar-refractivity contribution is 6.49. The molecule has 0 aromatic heterocycles. The first-order chi connectivity index (χ1) is 10.6. The maximum absolute atomic E-state index is 12.1. The molecule has 0 aromatic rings. The van der Waals surface area contributed by atoms with Crippen molar-refractivity contribution in [3.63, 3.8) is 0 Å². The highest BCUT2D eigenvalue weighted by Gasteiger charge is 2.77. The molecule has 13 nitrogen and oxygen atoms in total. The molecule has 23 heavy (non-hydrogen) atoms. The lowest BCUT2D eigenvalue weighted by molar-refractivity contribution is -0.317. The highest BCUT2D eigenvalue weighted by Crippen LogP contribution is 2.37. The fraction of sp³-hybridized carbons (Fsp3) is 0.300. The summed E-state index contributed by atoms with van der Waals surface area (Å²) in [6.45, 7) is 19.6. The van der Waals surface area contributed by atoms with E-state index in [0.29, 0.717) is 0 Å². The quantitative estimate of drug-likeness (QED) is 0.396. The van der Waals surface area contributed by atoms with Gasteiger partial charge in [-0.3, -0.25) is 9.64 Å². The molecule has 1 fully saturated rings. The van der Waals surface area contributed by atoms with Crippen LogP contribution in [0.4, 0.5) is 9.59 Å². The molecule has 116 valence electrons. The number of aliphatic hydroxyl groups is 3. The molecule has 2 heterocycles. The summed E-state index contributed by atoms with van der Waals surface area (Å²) in [5.74, 6) is -7.63. The minimum Gasteiger partial charge on any atom is -0.342 e. The zero-order valence-corrected chi connectivity index (χ0v) is 10.9. The van der Waals surface area contributed by atoms with Crippen molar-refractivity contribution in [2.24, 2.45) is 4.99 Å². The largest absolute Gasteiger partial charge is 0.510 e. The molecule has 0 spiro atoms. The third kappa shape index (κ3) is 1.96. The van der Waals surface area contributed by atoms with Crippen LogP contribution in [0.2, 0.25) is 0 Å². The van der Waals surface area contributed by atoms with Gasteiger partial charge in [0.15, 0.2) is 0 Å². The number of amides is 5. The van der Waals surface area contributed by atoms with Crippen molar-refractivity contribution < 1.29 is 29.7 Å². The first-order valence-electron chi connectivity index (χ1n) is 5.54. The van der Waals surface area contributed by atoms with E-state index in [4.69, 9.17) is 35.0 Å². The summed E-state index contributed by atoms with van der Waals surface area (Å²) in [7, 11) is 0. The van der Waals surface area contributed by atoms with Crippen LogP contribution in [0.1, 0.15) is 0 Å². The predicted molar refractivity (Wildman–Crippen MR) is 65.5 cm³/mol. The number of β-amino-alcohol motifs (C(OH)–C–C–N with tert-alkyl or cyclic N) is 3. The van der Waals surface area contributed by atoms with Gasteiger partial charge in [0, 0.05) is 0 Å². The normalized spacial score (nSPS) is 23.9. The Morgan fingerprint density at radius 3 is 2.17 bits per heavy atom. The zero-order chi connectivity index (χ0) is 17.6. The standard InChI is InChI=1S/C10H5N7O6/c1-11-10-5(14-7(19)15(10)4-9(21,22)23)6(18)16(12-2)8(20)17(10)13-3/h21-23H,4H2. The van der Waals surface area contributed by atoms with Gasteiger partial charge in [-0.05, 0) is 0 Å². The smallest absolute Gasteiger partial charge is 0.342 e. The van der Waals surface area contributed by atoms with Crippen molar-refractivity contribution in [2.45, 2.75) is 11.8 Å². The summed E-state index contributed by atoms with van der Waals surface area (Å²) >= 11 is 0. The van der Waals surface area contributed by atoms with Gasteiger partial charge in [-0.25, -0.2) is 21.1 Å².